The lowest BCUT2D eigenvalue weighted by molar-refractivity contribution is 0.422. The van der Waals surface area contributed by atoms with Crippen LogP contribution in [0.1, 0.15) is 5.56 Å². The lowest BCUT2D eigenvalue weighted by Crippen LogP contribution is -1.88. The molecule has 19 heavy (non-hydrogen) atoms. The van der Waals surface area contributed by atoms with Crippen molar-refractivity contribution in [2.75, 3.05) is 0 Å². The van der Waals surface area contributed by atoms with E-state index in [0.29, 0.717) is 17.0 Å². The predicted octanol–water partition coefficient (Wildman–Crippen LogP) is 3.25. The van der Waals surface area contributed by atoms with Crippen molar-refractivity contribution in [2.24, 2.45) is 0 Å². The molecule has 0 spiro atoms. The Morgan fingerprint density at radius 2 is 2.11 bits per heavy atom. The summed E-state index contributed by atoms with van der Waals surface area (Å²) in [6, 6.07) is 6.60. The summed E-state index contributed by atoms with van der Waals surface area (Å²) >= 11 is 0. The molecule has 2 aromatic heterocycles. The van der Waals surface area contributed by atoms with E-state index < -0.39 is 0 Å². The zero-order valence-corrected chi connectivity index (χ0v) is 10.2. The summed E-state index contributed by atoms with van der Waals surface area (Å²) in [5.41, 5.74) is 3.47. The van der Waals surface area contributed by atoms with Gasteiger partial charge in [-0.15, -0.1) is 0 Å². The van der Waals surface area contributed by atoms with Crippen molar-refractivity contribution < 1.29 is 8.91 Å². The van der Waals surface area contributed by atoms with Gasteiger partial charge in [0.2, 0.25) is 0 Å². The molecule has 0 bridgehead atoms. The Kier molecular flexibility index (Phi) is 2.79. The third-order valence-electron chi connectivity index (χ3n) is 2.86. The van der Waals surface area contributed by atoms with Crippen molar-refractivity contribution in [2.45, 2.75) is 6.92 Å². The average Bonchev–Trinajstić information content (AvgIpc) is 2.92. The van der Waals surface area contributed by atoms with Gasteiger partial charge < -0.3 is 4.52 Å². The maximum atomic E-state index is 13.3. The lowest BCUT2D eigenvalue weighted by atomic mass is 10.0. The Morgan fingerprint density at radius 3 is 2.84 bits per heavy atom. The van der Waals surface area contributed by atoms with E-state index in [1.807, 2.05) is 0 Å². The average molecular weight is 255 g/mol. The molecule has 3 aromatic rings. The van der Waals surface area contributed by atoms with Gasteiger partial charge in [0.15, 0.2) is 0 Å². The Labute approximate surface area is 108 Å². The van der Waals surface area contributed by atoms with Gasteiger partial charge in [-0.3, -0.25) is 0 Å². The number of halogens is 1. The Bertz CT molecular complexity index is 710. The van der Waals surface area contributed by atoms with Crippen LogP contribution in [0.5, 0.6) is 0 Å². The Morgan fingerprint density at radius 1 is 1.21 bits per heavy atom. The molecule has 0 N–H and O–H groups in total. The maximum Gasteiger partial charge on any atom is 0.133 e. The predicted molar refractivity (Wildman–Crippen MR) is 67.7 cm³/mol. The van der Waals surface area contributed by atoms with Crippen molar-refractivity contribution in [1.29, 1.82) is 0 Å². The Hall–Kier alpha value is -2.56. The van der Waals surface area contributed by atoms with Gasteiger partial charge in [0.25, 0.3) is 0 Å². The van der Waals surface area contributed by atoms with Gasteiger partial charge in [0, 0.05) is 11.8 Å². The van der Waals surface area contributed by atoms with Gasteiger partial charge in [-0.25, -0.2) is 14.4 Å². The second-order valence-corrected chi connectivity index (χ2v) is 4.14. The number of rotatable bonds is 2. The molecule has 5 heteroatoms. The van der Waals surface area contributed by atoms with E-state index >= 15 is 0 Å². The third kappa shape index (κ3) is 2.10. The highest BCUT2D eigenvalue weighted by Crippen LogP contribution is 2.30. The summed E-state index contributed by atoms with van der Waals surface area (Å²) in [4.78, 5) is 8.03. The minimum atomic E-state index is -0.240. The molecule has 0 aliphatic heterocycles. The van der Waals surface area contributed by atoms with E-state index in [9.17, 15) is 4.39 Å². The number of benzene rings is 1. The molecule has 0 fully saturated rings. The van der Waals surface area contributed by atoms with Crippen LogP contribution in [0.25, 0.3) is 22.5 Å². The normalized spacial score (nSPS) is 10.6. The van der Waals surface area contributed by atoms with E-state index in [1.54, 1.807) is 31.3 Å². The Balaban J connectivity index is 2.12. The molecule has 4 nitrogen and oxygen atoms in total. The van der Waals surface area contributed by atoms with Crippen molar-refractivity contribution in [3.63, 3.8) is 0 Å². The molecule has 1 aromatic carbocycles. The molecule has 94 valence electrons. The van der Waals surface area contributed by atoms with Crippen molar-refractivity contribution >= 4 is 0 Å². The van der Waals surface area contributed by atoms with Crippen molar-refractivity contribution in [3.8, 4) is 22.5 Å². The quantitative estimate of drug-likeness (QED) is 0.705. The van der Waals surface area contributed by atoms with Gasteiger partial charge in [0.05, 0.1) is 11.3 Å². The molecule has 0 aliphatic carbocycles. The minimum absolute atomic E-state index is 0.240. The van der Waals surface area contributed by atoms with E-state index in [1.165, 1.54) is 18.7 Å². The zero-order chi connectivity index (χ0) is 13.2. The lowest BCUT2D eigenvalue weighted by Gasteiger charge is -2.02. The smallest absolute Gasteiger partial charge is 0.133 e. The maximum absolute atomic E-state index is 13.3. The SMILES string of the molecule is Cc1cc(-c2nocc2-c2ccncn2)ccc1F. The molecule has 0 saturated carbocycles. The van der Waals surface area contributed by atoms with Crippen LogP contribution in [0.15, 0.2) is 47.6 Å². The fourth-order valence-electron chi connectivity index (χ4n) is 1.87. The summed E-state index contributed by atoms with van der Waals surface area (Å²) in [7, 11) is 0. The van der Waals surface area contributed by atoms with Gasteiger partial charge in [0.1, 0.15) is 24.1 Å². The van der Waals surface area contributed by atoms with Crippen LogP contribution >= 0.6 is 0 Å². The molecule has 0 unspecified atom stereocenters. The molecular formula is C14H10FN3O. The summed E-state index contributed by atoms with van der Waals surface area (Å²) in [5, 5.41) is 3.98. The fraction of sp³-hybridized carbons (Fsp3) is 0.0714. The van der Waals surface area contributed by atoms with Crippen LogP contribution in [-0.4, -0.2) is 15.1 Å². The van der Waals surface area contributed by atoms with Crippen molar-refractivity contribution in [3.05, 3.63) is 54.4 Å². The molecule has 2 heterocycles. The highest BCUT2D eigenvalue weighted by atomic mass is 19.1. The van der Waals surface area contributed by atoms with Gasteiger partial charge >= 0.3 is 0 Å². The van der Waals surface area contributed by atoms with E-state index in [0.717, 1.165) is 11.1 Å². The largest absolute Gasteiger partial charge is 0.363 e. The van der Waals surface area contributed by atoms with Gasteiger partial charge in [-0.2, -0.15) is 0 Å². The summed E-state index contributed by atoms with van der Waals surface area (Å²) in [6.45, 7) is 1.71. The van der Waals surface area contributed by atoms with E-state index in [2.05, 4.69) is 15.1 Å². The summed E-state index contributed by atoms with van der Waals surface area (Å²) in [5.74, 6) is -0.240. The first kappa shape index (κ1) is 11.5. The summed E-state index contributed by atoms with van der Waals surface area (Å²) < 4.78 is 18.3. The van der Waals surface area contributed by atoms with Crippen molar-refractivity contribution in [1.82, 2.24) is 15.1 Å². The highest BCUT2D eigenvalue weighted by molar-refractivity contribution is 5.78. The first-order valence-corrected chi connectivity index (χ1v) is 5.73. The molecule has 3 rings (SSSR count). The standard InChI is InChI=1S/C14H10FN3O/c1-9-6-10(2-3-12(9)15)14-11(7-19-18-14)13-4-5-16-8-17-13/h2-8H,1H3. The number of nitrogens with zero attached hydrogens (tertiary/aromatic N) is 3. The first-order chi connectivity index (χ1) is 9.25. The van der Waals surface area contributed by atoms with Crippen LogP contribution in [0.3, 0.4) is 0 Å². The fourth-order valence-corrected chi connectivity index (χ4v) is 1.87. The first-order valence-electron chi connectivity index (χ1n) is 5.73. The van der Waals surface area contributed by atoms with Gasteiger partial charge in [-0.1, -0.05) is 5.16 Å². The number of hydrogen-bond acceptors (Lipinski definition) is 4. The monoisotopic (exact) mass is 255 g/mol. The second-order valence-electron chi connectivity index (χ2n) is 4.14. The molecular weight excluding hydrogens is 245 g/mol. The highest BCUT2D eigenvalue weighted by Gasteiger charge is 2.14. The summed E-state index contributed by atoms with van der Waals surface area (Å²) in [6.07, 6.45) is 4.63. The number of aromatic nitrogens is 3. The minimum Gasteiger partial charge on any atom is -0.363 e. The van der Waals surface area contributed by atoms with Crippen LogP contribution in [-0.2, 0) is 0 Å². The number of hydrogen-bond donors (Lipinski definition) is 0. The van der Waals surface area contributed by atoms with Crippen LogP contribution in [0.2, 0.25) is 0 Å². The molecule has 0 saturated heterocycles. The van der Waals surface area contributed by atoms with Crippen LogP contribution in [0.4, 0.5) is 4.39 Å². The van der Waals surface area contributed by atoms with Crippen LogP contribution < -0.4 is 0 Å². The molecule has 0 amide bonds. The van der Waals surface area contributed by atoms with Crippen LogP contribution in [0, 0.1) is 12.7 Å². The zero-order valence-electron chi connectivity index (χ0n) is 10.2. The number of aryl methyl sites for hydroxylation is 1. The molecule has 0 radical (unpaired) electrons. The second kappa shape index (κ2) is 4.61. The van der Waals surface area contributed by atoms with E-state index in [-0.39, 0.29) is 5.82 Å². The van der Waals surface area contributed by atoms with E-state index in [4.69, 9.17) is 4.52 Å². The molecule has 0 aliphatic rings. The third-order valence-corrected chi connectivity index (χ3v) is 2.86. The topological polar surface area (TPSA) is 51.8 Å². The van der Waals surface area contributed by atoms with Gasteiger partial charge in [-0.05, 0) is 36.8 Å². The molecule has 0 atom stereocenters.